The van der Waals surface area contributed by atoms with Crippen LogP contribution in [0.2, 0.25) is 5.02 Å². The fourth-order valence-electron chi connectivity index (χ4n) is 2.44. The summed E-state index contributed by atoms with van der Waals surface area (Å²) in [4.78, 5) is 12.4. The van der Waals surface area contributed by atoms with Crippen molar-refractivity contribution in [1.29, 1.82) is 0 Å². The number of anilines is 1. The van der Waals surface area contributed by atoms with Gasteiger partial charge in [-0.2, -0.15) is 5.10 Å². The van der Waals surface area contributed by atoms with Gasteiger partial charge in [-0.3, -0.25) is 14.8 Å². The SMILES string of the molecule is Cc1cc(C)n(C(C)C(=O)Nc2nnc(-c3c(F)cccc3Cl)s2)n1. The predicted octanol–water partition coefficient (Wildman–Crippen LogP) is 4.01. The van der Waals surface area contributed by atoms with E-state index < -0.39 is 11.9 Å². The van der Waals surface area contributed by atoms with Crippen LogP contribution in [0.5, 0.6) is 0 Å². The standard InChI is InChI=1S/C16H15ClFN5OS/c1-8-7-9(2)23(22-8)10(3)14(24)19-16-21-20-15(25-16)13-11(17)5-4-6-12(13)18/h4-7,10H,1-3H3,(H,19,21,24). The number of carbonyl (C=O) groups excluding carboxylic acids is 1. The Bertz CT molecular complexity index is 918. The molecule has 1 N–H and O–H groups in total. The molecule has 1 amide bonds. The molecule has 1 aromatic carbocycles. The minimum absolute atomic E-state index is 0.175. The molecule has 0 spiro atoms. The van der Waals surface area contributed by atoms with Crippen LogP contribution >= 0.6 is 22.9 Å². The molecule has 0 saturated heterocycles. The molecule has 6 nitrogen and oxygen atoms in total. The van der Waals surface area contributed by atoms with Gasteiger partial charge in [-0.05, 0) is 39.0 Å². The highest BCUT2D eigenvalue weighted by Crippen LogP contribution is 2.34. The lowest BCUT2D eigenvalue weighted by molar-refractivity contribution is -0.119. The Balaban J connectivity index is 1.79. The summed E-state index contributed by atoms with van der Waals surface area (Å²) >= 11 is 7.09. The number of aromatic nitrogens is 4. The Kier molecular flexibility index (Phi) is 4.82. The molecule has 0 bridgehead atoms. The Morgan fingerprint density at radius 2 is 2.12 bits per heavy atom. The van der Waals surface area contributed by atoms with Crippen LogP contribution in [0, 0.1) is 19.7 Å². The first-order valence-corrected chi connectivity index (χ1v) is 8.67. The van der Waals surface area contributed by atoms with Crippen LogP contribution in [0.15, 0.2) is 24.3 Å². The fourth-order valence-corrected chi connectivity index (χ4v) is 3.55. The highest BCUT2D eigenvalue weighted by atomic mass is 35.5. The van der Waals surface area contributed by atoms with Gasteiger partial charge in [-0.25, -0.2) is 4.39 Å². The predicted molar refractivity (Wildman–Crippen MR) is 95.4 cm³/mol. The van der Waals surface area contributed by atoms with Crippen LogP contribution in [-0.4, -0.2) is 25.9 Å². The van der Waals surface area contributed by atoms with Gasteiger partial charge < -0.3 is 0 Å². The van der Waals surface area contributed by atoms with Crippen molar-refractivity contribution in [2.24, 2.45) is 0 Å². The molecule has 2 aromatic heterocycles. The van der Waals surface area contributed by atoms with E-state index in [1.165, 1.54) is 12.1 Å². The van der Waals surface area contributed by atoms with Gasteiger partial charge in [0.05, 0.1) is 16.3 Å². The molecule has 3 aromatic rings. The van der Waals surface area contributed by atoms with E-state index in [1.54, 1.807) is 17.7 Å². The minimum Gasteiger partial charge on any atom is -0.299 e. The Morgan fingerprint density at radius 3 is 2.76 bits per heavy atom. The van der Waals surface area contributed by atoms with E-state index in [0.717, 1.165) is 22.7 Å². The second-order valence-electron chi connectivity index (χ2n) is 5.55. The van der Waals surface area contributed by atoms with E-state index in [4.69, 9.17) is 11.6 Å². The van der Waals surface area contributed by atoms with Gasteiger partial charge in [0.25, 0.3) is 5.91 Å². The molecule has 25 heavy (non-hydrogen) atoms. The topological polar surface area (TPSA) is 72.7 Å². The first-order valence-electron chi connectivity index (χ1n) is 7.48. The van der Waals surface area contributed by atoms with Crippen molar-refractivity contribution >= 4 is 34.0 Å². The van der Waals surface area contributed by atoms with Crippen LogP contribution < -0.4 is 5.32 Å². The van der Waals surface area contributed by atoms with Gasteiger partial charge in [-0.15, -0.1) is 10.2 Å². The second-order valence-corrected chi connectivity index (χ2v) is 6.93. The van der Waals surface area contributed by atoms with Crippen LogP contribution in [0.3, 0.4) is 0 Å². The molecule has 0 aliphatic heterocycles. The van der Waals surface area contributed by atoms with Gasteiger partial charge in [-0.1, -0.05) is 29.0 Å². The van der Waals surface area contributed by atoms with E-state index in [2.05, 4.69) is 20.6 Å². The summed E-state index contributed by atoms with van der Waals surface area (Å²) in [5.74, 6) is -0.772. The normalized spacial score (nSPS) is 12.2. The third-order valence-corrected chi connectivity index (χ3v) is 4.79. The smallest absolute Gasteiger partial charge is 0.250 e. The number of nitrogens with one attached hydrogen (secondary N) is 1. The third kappa shape index (κ3) is 3.54. The zero-order valence-corrected chi connectivity index (χ0v) is 15.3. The molecule has 2 heterocycles. The summed E-state index contributed by atoms with van der Waals surface area (Å²) in [5.41, 5.74) is 1.90. The summed E-state index contributed by atoms with van der Waals surface area (Å²) in [6.45, 7) is 5.49. The maximum Gasteiger partial charge on any atom is 0.250 e. The van der Waals surface area contributed by atoms with E-state index in [-0.39, 0.29) is 21.6 Å². The van der Waals surface area contributed by atoms with E-state index in [0.29, 0.717) is 5.01 Å². The maximum atomic E-state index is 14.0. The molecule has 0 radical (unpaired) electrons. The highest BCUT2D eigenvalue weighted by molar-refractivity contribution is 7.18. The summed E-state index contributed by atoms with van der Waals surface area (Å²) in [6.07, 6.45) is 0. The lowest BCUT2D eigenvalue weighted by atomic mass is 10.2. The molecule has 130 valence electrons. The van der Waals surface area contributed by atoms with Crippen LogP contribution in [0.4, 0.5) is 9.52 Å². The van der Waals surface area contributed by atoms with Crippen molar-refractivity contribution in [3.05, 3.63) is 46.5 Å². The monoisotopic (exact) mass is 379 g/mol. The Hall–Kier alpha value is -2.32. The van der Waals surface area contributed by atoms with Crippen molar-refractivity contribution in [2.45, 2.75) is 26.8 Å². The fraction of sp³-hybridized carbons (Fsp3) is 0.250. The molecule has 1 unspecified atom stereocenters. The lowest BCUT2D eigenvalue weighted by Gasteiger charge is -2.12. The average Bonchev–Trinajstić information content (AvgIpc) is 3.12. The number of nitrogens with zero attached hydrogens (tertiary/aromatic N) is 4. The van der Waals surface area contributed by atoms with Gasteiger partial charge in [0.15, 0.2) is 5.01 Å². The summed E-state index contributed by atoms with van der Waals surface area (Å²) < 4.78 is 15.6. The summed E-state index contributed by atoms with van der Waals surface area (Å²) in [7, 11) is 0. The van der Waals surface area contributed by atoms with Crippen molar-refractivity contribution in [3.8, 4) is 10.6 Å². The number of aryl methyl sites for hydroxylation is 2. The van der Waals surface area contributed by atoms with Crippen molar-refractivity contribution < 1.29 is 9.18 Å². The lowest BCUT2D eigenvalue weighted by Crippen LogP contribution is -2.25. The molecular weight excluding hydrogens is 365 g/mol. The first-order chi connectivity index (χ1) is 11.9. The van der Waals surface area contributed by atoms with Crippen molar-refractivity contribution in [1.82, 2.24) is 20.0 Å². The van der Waals surface area contributed by atoms with Crippen molar-refractivity contribution in [3.63, 3.8) is 0 Å². The van der Waals surface area contributed by atoms with Crippen LogP contribution in [0.25, 0.3) is 10.6 Å². The molecule has 9 heteroatoms. The van der Waals surface area contributed by atoms with Crippen LogP contribution in [0.1, 0.15) is 24.4 Å². The number of amides is 1. The highest BCUT2D eigenvalue weighted by Gasteiger charge is 2.21. The van der Waals surface area contributed by atoms with E-state index in [9.17, 15) is 9.18 Å². The number of benzene rings is 1. The van der Waals surface area contributed by atoms with Crippen molar-refractivity contribution in [2.75, 3.05) is 5.32 Å². The molecule has 0 aliphatic carbocycles. The maximum absolute atomic E-state index is 14.0. The molecule has 3 rings (SSSR count). The molecule has 1 atom stereocenters. The summed E-state index contributed by atoms with van der Waals surface area (Å²) in [5, 5.41) is 15.6. The Labute approximate surface area is 152 Å². The molecule has 0 saturated carbocycles. The van der Waals surface area contributed by atoms with E-state index in [1.807, 2.05) is 19.9 Å². The molecular formula is C16H15ClFN5OS. The number of carbonyl (C=O) groups is 1. The van der Waals surface area contributed by atoms with Gasteiger partial charge >= 0.3 is 0 Å². The zero-order chi connectivity index (χ0) is 18.1. The van der Waals surface area contributed by atoms with E-state index >= 15 is 0 Å². The largest absolute Gasteiger partial charge is 0.299 e. The molecule has 0 aliphatic rings. The second kappa shape index (κ2) is 6.89. The van der Waals surface area contributed by atoms with Gasteiger partial charge in [0.1, 0.15) is 11.9 Å². The quantitative estimate of drug-likeness (QED) is 0.743. The first kappa shape index (κ1) is 17.5. The number of hydrogen-bond acceptors (Lipinski definition) is 5. The number of halogens is 2. The number of rotatable bonds is 4. The average molecular weight is 380 g/mol. The number of hydrogen-bond donors (Lipinski definition) is 1. The van der Waals surface area contributed by atoms with Gasteiger partial charge in [0.2, 0.25) is 5.13 Å². The van der Waals surface area contributed by atoms with Crippen LogP contribution in [-0.2, 0) is 4.79 Å². The van der Waals surface area contributed by atoms with Gasteiger partial charge in [0, 0.05) is 5.69 Å². The summed E-state index contributed by atoms with van der Waals surface area (Å²) in [6, 6.07) is 5.77. The minimum atomic E-state index is -0.516. The third-order valence-electron chi connectivity index (χ3n) is 3.62. The Morgan fingerprint density at radius 1 is 1.36 bits per heavy atom. The zero-order valence-electron chi connectivity index (χ0n) is 13.7. The molecule has 0 fully saturated rings.